The monoisotopic (exact) mass is 420 g/mol. The number of nitro groups is 1. The van der Waals surface area contributed by atoms with Crippen LogP contribution in [0.1, 0.15) is 46.8 Å². The highest BCUT2D eigenvalue weighted by atomic mass is 31.2. The average molecular weight is 420 g/mol. The van der Waals surface area contributed by atoms with E-state index in [1.165, 1.54) is 18.2 Å². The molecule has 4 rings (SSSR count). The third kappa shape index (κ3) is 2.51. The summed E-state index contributed by atoms with van der Waals surface area (Å²) in [7, 11) is -5.11. The first-order valence-corrected chi connectivity index (χ1v) is 10.3. The molecule has 11 heteroatoms. The van der Waals surface area contributed by atoms with Crippen molar-refractivity contribution >= 4 is 19.2 Å². The van der Waals surface area contributed by atoms with Crippen molar-refractivity contribution in [3.8, 4) is 5.75 Å². The second kappa shape index (κ2) is 5.94. The summed E-state index contributed by atoms with van der Waals surface area (Å²) >= 11 is 0. The molecule has 2 unspecified atom stereocenters. The molecule has 2 aromatic carbocycles. The number of ether oxygens (including phenoxy) is 1. The van der Waals surface area contributed by atoms with E-state index in [0.717, 1.165) is 11.6 Å². The van der Waals surface area contributed by atoms with Crippen LogP contribution < -0.4 is 9.82 Å². The molecule has 152 valence electrons. The Labute approximate surface area is 164 Å². The SMILES string of the molecule is CC(C)c1ccc2c(c1)OC1(O)c3c(cccc3[N+](=O)[O-])C(=O)C21NP(=O)(O)O. The summed E-state index contributed by atoms with van der Waals surface area (Å²) in [6, 6.07) is 8.21. The molecule has 2 aliphatic rings. The fourth-order valence-electron chi connectivity index (χ4n) is 4.07. The molecule has 29 heavy (non-hydrogen) atoms. The number of rotatable bonds is 4. The first-order chi connectivity index (χ1) is 13.4. The van der Waals surface area contributed by atoms with Crippen molar-refractivity contribution in [1.82, 2.24) is 5.09 Å². The second-order valence-electron chi connectivity index (χ2n) is 7.35. The van der Waals surface area contributed by atoms with E-state index in [0.29, 0.717) is 0 Å². The van der Waals surface area contributed by atoms with Crippen molar-refractivity contribution in [3.63, 3.8) is 0 Å². The number of Topliss-reactive ketones (excluding diaryl/α,β-unsaturated/α-hetero) is 1. The Balaban J connectivity index is 2.07. The van der Waals surface area contributed by atoms with Gasteiger partial charge in [0.15, 0.2) is 11.3 Å². The fraction of sp³-hybridized carbons (Fsp3) is 0.278. The third-order valence-electron chi connectivity index (χ3n) is 5.32. The molecule has 0 fully saturated rings. The zero-order valence-corrected chi connectivity index (χ0v) is 16.2. The molecule has 1 aliphatic heterocycles. The molecule has 0 amide bonds. The molecular weight excluding hydrogens is 403 g/mol. The molecule has 0 saturated carbocycles. The largest absolute Gasteiger partial charge is 0.455 e. The summed E-state index contributed by atoms with van der Waals surface area (Å²) in [4.78, 5) is 43.4. The van der Waals surface area contributed by atoms with Gasteiger partial charge in [-0.1, -0.05) is 38.1 Å². The highest BCUT2D eigenvalue weighted by Crippen LogP contribution is 2.62. The van der Waals surface area contributed by atoms with E-state index in [1.807, 2.05) is 18.9 Å². The van der Waals surface area contributed by atoms with Crippen LogP contribution in [0.15, 0.2) is 36.4 Å². The van der Waals surface area contributed by atoms with E-state index in [-0.39, 0.29) is 22.8 Å². The fourth-order valence-corrected chi connectivity index (χ4v) is 4.88. The smallest absolute Gasteiger partial charge is 0.401 e. The quantitative estimate of drug-likeness (QED) is 0.330. The maximum Gasteiger partial charge on any atom is 0.401 e. The molecule has 0 radical (unpaired) electrons. The summed E-state index contributed by atoms with van der Waals surface area (Å²) in [5.74, 6) is -3.58. The number of fused-ring (bicyclic) bond motifs is 5. The third-order valence-corrected chi connectivity index (χ3v) is 5.95. The minimum absolute atomic E-state index is 0.0109. The molecule has 2 atom stereocenters. The summed E-state index contributed by atoms with van der Waals surface area (Å²) < 4.78 is 17.6. The molecule has 0 aromatic heterocycles. The Hall–Kier alpha value is -2.62. The van der Waals surface area contributed by atoms with E-state index in [1.54, 1.807) is 12.1 Å². The van der Waals surface area contributed by atoms with Gasteiger partial charge in [-0.15, -0.1) is 0 Å². The summed E-state index contributed by atoms with van der Waals surface area (Å²) in [6.07, 6.45) is 0. The minimum Gasteiger partial charge on any atom is -0.455 e. The number of hydrogen-bond acceptors (Lipinski definition) is 6. The average Bonchev–Trinajstić information content (AvgIpc) is 2.96. The lowest BCUT2D eigenvalue weighted by atomic mass is 9.83. The lowest BCUT2D eigenvalue weighted by Crippen LogP contribution is -2.57. The Morgan fingerprint density at radius 3 is 2.52 bits per heavy atom. The van der Waals surface area contributed by atoms with Crippen molar-refractivity contribution < 1.29 is 33.9 Å². The van der Waals surface area contributed by atoms with E-state index in [4.69, 9.17) is 4.74 Å². The predicted molar refractivity (Wildman–Crippen MR) is 99.3 cm³/mol. The van der Waals surface area contributed by atoms with Crippen molar-refractivity contribution in [2.75, 3.05) is 0 Å². The Morgan fingerprint density at radius 2 is 1.93 bits per heavy atom. The first kappa shape index (κ1) is 19.7. The van der Waals surface area contributed by atoms with Crippen LogP contribution in [0.25, 0.3) is 0 Å². The predicted octanol–water partition coefficient (Wildman–Crippen LogP) is 2.03. The van der Waals surface area contributed by atoms with Gasteiger partial charge in [0.25, 0.3) is 11.5 Å². The summed E-state index contributed by atoms with van der Waals surface area (Å²) in [6.45, 7) is 3.81. The van der Waals surface area contributed by atoms with Crippen LogP contribution in [0.4, 0.5) is 5.69 Å². The van der Waals surface area contributed by atoms with Gasteiger partial charge in [-0.25, -0.2) is 4.57 Å². The maximum atomic E-state index is 13.4. The molecule has 0 spiro atoms. The van der Waals surface area contributed by atoms with Crippen LogP contribution in [0, 0.1) is 10.1 Å². The van der Waals surface area contributed by atoms with Gasteiger partial charge in [-0.3, -0.25) is 14.9 Å². The Morgan fingerprint density at radius 1 is 1.24 bits per heavy atom. The number of nitrogens with one attached hydrogen (secondary N) is 1. The standard InChI is InChI=1S/C18H17N2O8P/c1-9(2)10-6-7-12-14(8-10)28-18(22)15-11(4-3-5-13(15)20(23)24)16(21)17(12,18)19-29(25,26)27/h3-9,22H,1-2H3,(H3,19,25,26,27). The Kier molecular flexibility index (Phi) is 4.03. The maximum absolute atomic E-state index is 13.4. The number of benzene rings is 2. The number of nitrogens with zero attached hydrogens (tertiary/aromatic N) is 1. The van der Waals surface area contributed by atoms with E-state index in [9.17, 15) is 34.4 Å². The molecule has 10 nitrogen and oxygen atoms in total. The second-order valence-corrected chi connectivity index (χ2v) is 8.66. The van der Waals surface area contributed by atoms with Gasteiger partial charge in [-0.05, 0) is 17.5 Å². The van der Waals surface area contributed by atoms with Crippen LogP contribution >= 0.6 is 7.75 Å². The number of ketones is 1. The number of carbonyl (C=O) groups is 1. The van der Waals surface area contributed by atoms with Gasteiger partial charge in [0.1, 0.15) is 11.3 Å². The summed E-state index contributed by atoms with van der Waals surface area (Å²) in [5.41, 5.74) is -2.95. The van der Waals surface area contributed by atoms with Crippen molar-refractivity contribution in [2.24, 2.45) is 0 Å². The van der Waals surface area contributed by atoms with Gasteiger partial charge in [0, 0.05) is 17.2 Å². The van der Waals surface area contributed by atoms with Crippen molar-refractivity contribution in [1.29, 1.82) is 0 Å². The lowest BCUT2D eigenvalue weighted by molar-refractivity contribution is -0.388. The molecule has 4 N–H and O–H groups in total. The van der Waals surface area contributed by atoms with Gasteiger partial charge in [0.2, 0.25) is 0 Å². The molecule has 1 heterocycles. The zero-order valence-electron chi connectivity index (χ0n) is 15.3. The normalized spacial score (nSPS) is 24.8. The van der Waals surface area contributed by atoms with Gasteiger partial charge in [-0.2, -0.15) is 5.09 Å². The van der Waals surface area contributed by atoms with Crippen LogP contribution in [0.3, 0.4) is 0 Å². The van der Waals surface area contributed by atoms with Crippen molar-refractivity contribution in [2.45, 2.75) is 31.1 Å². The lowest BCUT2D eigenvalue weighted by Gasteiger charge is -2.34. The highest BCUT2D eigenvalue weighted by Gasteiger charge is 2.74. The molecule has 0 saturated heterocycles. The first-order valence-electron chi connectivity index (χ1n) is 8.66. The minimum atomic E-state index is -5.11. The summed E-state index contributed by atoms with van der Waals surface area (Å²) in [5, 5.41) is 25.0. The molecule has 1 aliphatic carbocycles. The number of hydrogen-bond donors (Lipinski definition) is 4. The zero-order chi connectivity index (χ0) is 21.4. The van der Waals surface area contributed by atoms with Crippen LogP contribution in [-0.4, -0.2) is 25.6 Å². The van der Waals surface area contributed by atoms with Gasteiger partial charge < -0.3 is 19.6 Å². The number of aliphatic hydroxyl groups is 1. The van der Waals surface area contributed by atoms with E-state index < -0.39 is 41.0 Å². The van der Waals surface area contributed by atoms with Crippen LogP contribution in [0.5, 0.6) is 5.75 Å². The molecule has 0 bridgehead atoms. The number of carbonyl (C=O) groups excluding carboxylic acids is 1. The van der Waals surface area contributed by atoms with Crippen LogP contribution in [-0.2, 0) is 15.9 Å². The van der Waals surface area contributed by atoms with Crippen molar-refractivity contribution in [3.05, 3.63) is 68.8 Å². The molecule has 2 aromatic rings. The Bertz CT molecular complexity index is 1130. The highest BCUT2D eigenvalue weighted by molar-refractivity contribution is 7.49. The van der Waals surface area contributed by atoms with E-state index >= 15 is 0 Å². The topological polar surface area (TPSA) is 159 Å². The molecular formula is C18H17N2O8P. The van der Waals surface area contributed by atoms with Crippen LogP contribution in [0.2, 0.25) is 0 Å². The van der Waals surface area contributed by atoms with E-state index in [2.05, 4.69) is 0 Å². The van der Waals surface area contributed by atoms with Gasteiger partial charge in [0.05, 0.1) is 4.92 Å². The number of nitro benzene ring substituents is 1. The van der Waals surface area contributed by atoms with Gasteiger partial charge >= 0.3 is 7.75 Å².